The normalized spacial score (nSPS) is 13.8. The van der Waals surface area contributed by atoms with Crippen LogP contribution in [0.4, 0.5) is 0 Å². The largest absolute Gasteiger partial charge is 0.493 e. The zero-order valence-corrected chi connectivity index (χ0v) is 11.1. The van der Waals surface area contributed by atoms with Crippen LogP contribution in [-0.4, -0.2) is 36.2 Å². The highest BCUT2D eigenvalue weighted by Gasteiger charge is 2.22. The summed E-state index contributed by atoms with van der Waals surface area (Å²) in [5, 5.41) is 3.07. The first-order chi connectivity index (χ1) is 9.65. The van der Waals surface area contributed by atoms with Crippen molar-refractivity contribution < 1.29 is 14.3 Å². The van der Waals surface area contributed by atoms with Crippen LogP contribution in [0.25, 0.3) is 10.9 Å². The molecule has 1 amide bonds. The number of amides is 1. The van der Waals surface area contributed by atoms with Crippen LogP contribution in [0.3, 0.4) is 0 Å². The zero-order valence-electron chi connectivity index (χ0n) is 11.1. The van der Waals surface area contributed by atoms with E-state index in [9.17, 15) is 9.59 Å². The summed E-state index contributed by atoms with van der Waals surface area (Å²) in [5.41, 5.74) is 0.164. The van der Waals surface area contributed by atoms with Gasteiger partial charge in [-0.05, 0) is 6.07 Å². The number of nitrogens with one attached hydrogen (secondary N) is 1. The van der Waals surface area contributed by atoms with E-state index in [1.54, 1.807) is 12.1 Å². The summed E-state index contributed by atoms with van der Waals surface area (Å²) in [6.07, 6.45) is 0. The van der Waals surface area contributed by atoms with Gasteiger partial charge in [-0.3, -0.25) is 14.2 Å². The van der Waals surface area contributed by atoms with Crippen molar-refractivity contribution >= 4 is 16.8 Å². The molecule has 7 heteroatoms. The van der Waals surface area contributed by atoms with E-state index in [4.69, 9.17) is 9.47 Å². The Balaban J connectivity index is 2.37. The van der Waals surface area contributed by atoms with Gasteiger partial charge in [0.15, 0.2) is 11.5 Å². The third-order valence-corrected chi connectivity index (χ3v) is 3.28. The van der Waals surface area contributed by atoms with Crippen molar-refractivity contribution in [3.63, 3.8) is 0 Å². The number of methoxy groups -OCH3 is 2. The first-order valence-electron chi connectivity index (χ1n) is 6.10. The van der Waals surface area contributed by atoms with E-state index < -0.39 is 0 Å². The second-order valence-electron chi connectivity index (χ2n) is 4.37. The molecule has 3 rings (SSSR count). The lowest BCUT2D eigenvalue weighted by Crippen LogP contribution is -2.42. The number of hydrogen-bond acceptors (Lipinski definition) is 5. The Morgan fingerprint density at radius 2 is 1.90 bits per heavy atom. The third-order valence-electron chi connectivity index (χ3n) is 3.28. The average Bonchev–Trinajstić information content (AvgIpc) is 2.47. The Labute approximate surface area is 114 Å². The number of aromatic nitrogens is 2. The van der Waals surface area contributed by atoms with Gasteiger partial charge >= 0.3 is 0 Å². The predicted octanol–water partition coefficient (Wildman–Crippen LogP) is 0.157. The smallest absolute Gasteiger partial charge is 0.287 e. The second kappa shape index (κ2) is 4.52. The van der Waals surface area contributed by atoms with Crippen LogP contribution < -0.4 is 20.3 Å². The van der Waals surface area contributed by atoms with Gasteiger partial charge in [-0.15, -0.1) is 0 Å². The van der Waals surface area contributed by atoms with Gasteiger partial charge in [-0.25, -0.2) is 4.98 Å². The molecule has 2 aromatic rings. The van der Waals surface area contributed by atoms with E-state index in [1.165, 1.54) is 18.8 Å². The number of carbonyl (C=O) groups is 1. The number of hydrogen-bond donors (Lipinski definition) is 1. The highest BCUT2D eigenvalue weighted by Crippen LogP contribution is 2.30. The van der Waals surface area contributed by atoms with Crippen LogP contribution in [0.15, 0.2) is 16.9 Å². The standard InChI is InChI=1S/C13H13N3O4/c1-19-9-5-7-8(6-10(9)20-2)15-11-12(17)14-3-4-16(11)13(7)18/h5-6H,3-4H2,1-2H3,(H,14,17). The molecule has 0 saturated heterocycles. The Bertz CT molecular complexity index is 766. The summed E-state index contributed by atoms with van der Waals surface area (Å²) >= 11 is 0. The van der Waals surface area contributed by atoms with E-state index in [0.29, 0.717) is 35.5 Å². The average molecular weight is 275 g/mol. The number of fused-ring (bicyclic) bond motifs is 2. The van der Waals surface area contributed by atoms with Crippen molar-refractivity contribution in [3.05, 3.63) is 28.3 Å². The van der Waals surface area contributed by atoms with E-state index in [-0.39, 0.29) is 17.3 Å². The molecule has 104 valence electrons. The molecule has 7 nitrogen and oxygen atoms in total. The molecule has 0 radical (unpaired) electrons. The molecule has 2 heterocycles. The minimum absolute atomic E-state index is 0.126. The second-order valence-corrected chi connectivity index (χ2v) is 4.37. The lowest BCUT2D eigenvalue weighted by Gasteiger charge is -2.18. The highest BCUT2D eigenvalue weighted by atomic mass is 16.5. The monoisotopic (exact) mass is 275 g/mol. The third kappa shape index (κ3) is 1.70. The molecule has 0 spiro atoms. The van der Waals surface area contributed by atoms with Crippen molar-refractivity contribution in [2.75, 3.05) is 20.8 Å². The van der Waals surface area contributed by atoms with Gasteiger partial charge < -0.3 is 14.8 Å². The van der Waals surface area contributed by atoms with Crippen LogP contribution >= 0.6 is 0 Å². The van der Waals surface area contributed by atoms with Crippen LogP contribution in [0.2, 0.25) is 0 Å². The molecule has 0 aliphatic carbocycles. The summed E-state index contributed by atoms with van der Waals surface area (Å²) in [6, 6.07) is 3.18. The molecule has 0 unspecified atom stereocenters. The molecular formula is C13H13N3O4. The van der Waals surface area contributed by atoms with Crippen LogP contribution in [-0.2, 0) is 6.54 Å². The molecule has 0 fully saturated rings. The Hall–Kier alpha value is -2.57. The summed E-state index contributed by atoms with van der Waals surface area (Å²) in [7, 11) is 3.00. The summed E-state index contributed by atoms with van der Waals surface area (Å²) < 4.78 is 11.7. The maximum Gasteiger partial charge on any atom is 0.287 e. The van der Waals surface area contributed by atoms with E-state index >= 15 is 0 Å². The Kier molecular flexibility index (Phi) is 2.81. The van der Waals surface area contributed by atoms with Gasteiger partial charge in [0.05, 0.1) is 25.1 Å². The van der Waals surface area contributed by atoms with Crippen LogP contribution in [0, 0.1) is 0 Å². The number of carbonyl (C=O) groups excluding carboxylic acids is 1. The minimum Gasteiger partial charge on any atom is -0.493 e. The molecule has 1 aliphatic rings. The molecule has 20 heavy (non-hydrogen) atoms. The summed E-state index contributed by atoms with van der Waals surface area (Å²) in [5.74, 6) is 0.707. The van der Waals surface area contributed by atoms with Crippen molar-refractivity contribution in [1.29, 1.82) is 0 Å². The fourth-order valence-corrected chi connectivity index (χ4v) is 2.29. The van der Waals surface area contributed by atoms with Gasteiger partial charge in [0.25, 0.3) is 11.5 Å². The maximum atomic E-state index is 12.4. The fourth-order valence-electron chi connectivity index (χ4n) is 2.29. The number of rotatable bonds is 2. The zero-order chi connectivity index (χ0) is 14.3. The van der Waals surface area contributed by atoms with Gasteiger partial charge in [0.1, 0.15) is 0 Å². The number of benzene rings is 1. The molecule has 1 N–H and O–H groups in total. The van der Waals surface area contributed by atoms with E-state index in [2.05, 4.69) is 10.3 Å². The summed E-state index contributed by atoms with van der Waals surface area (Å²) in [6.45, 7) is 0.837. The number of ether oxygens (including phenoxy) is 2. The van der Waals surface area contributed by atoms with Gasteiger partial charge in [0.2, 0.25) is 5.82 Å². The van der Waals surface area contributed by atoms with E-state index in [1.807, 2.05) is 0 Å². The van der Waals surface area contributed by atoms with Gasteiger partial charge in [0, 0.05) is 19.2 Å². The molecule has 1 aliphatic heterocycles. The highest BCUT2D eigenvalue weighted by molar-refractivity contribution is 5.94. The molecule has 0 atom stereocenters. The van der Waals surface area contributed by atoms with Crippen molar-refractivity contribution in [2.45, 2.75) is 6.54 Å². The van der Waals surface area contributed by atoms with Crippen molar-refractivity contribution in [2.24, 2.45) is 0 Å². The van der Waals surface area contributed by atoms with Crippen LogP contribution in [0.1, 0.15) is 10.6 Å². The van der Waals surface area contributed by atoms with Crippen molar-refractivity contribution in [3.8, 4) is 11.5 Å². The van der Waals surface area contributed by atoms with E-state index in [0.717, 1.165) is 0 Å². The lowest BCUT2D eigenvalue weighted by molar-refractivity contribution is 0.0919. The molecule has 1 aromatic carbocycles. The topological polar surface area (TPSA) is 82.5 Å². The fraction of sp³-hybridized carbons (Fsp3) is 0.308. The van der Waals surface area contributed by atoms with Gasteiger partial charge in [-0.2, -0.15) is 0 Å². The molecule has 0 bridgehead atoms. The quantitative estimate of drug-likeness (QED) is 0.844. The molecule has 1 aromatic heterocycles. The molecular weight excluding hydrogens is 262 g/mol. The summed E-state index contributed by atoms with van der Waals surface area (Å²) in [4.78, 5) is 28.5. The predicted molar refractivity (Wildman–Crippen MR) is 71.4 cm³/mol. The van der Waals surface area contributed by atoms with Gasteiger partial charge in [-0.1, -0.05) is 0 Å². The van der Waals surface area contributed by atoms with Crippen molar-refractivity contribution in [1.82, 2.24) is 14.9 Å². The maximum absolute atomic E-state index is 12.4. The lowest BCUT2D eigenvalue weighted by atomic mass is 10.2. The Morgan fingerprint density at radius 3 is 2.60 bits per heavy atom. The first-order valence-corrected chi connectivity index (χ1v) is 6.10. The molecule has 0 saturated carbocycles. The minimum atomic E-state index is -0.343. The SMILES string of the molecule is COc1cc2nc3n(c(=O)c2cc1OC)CCNC3=O. The van der Waals surface area contributed by atoms with Crippen LogP contribution in [0.5, 0.6) is 11.5 Å². The number of nitrogens with zero attached hydrogens (tertiary/aromatic N) is 2. The first kappa shape index (κ1) is 12.5. The Morgan fingerprint density at radius 1 is 1.20 bits per heavy atom.